The molecule has 24 heavy (non-hydrogen) atoms. The van der Waals surface area contributed by atoms with Crippen LogP contribution >= 0.6 is 15.9 Å². The first kappa shape index (κ1) is 18.3. The third kappa shape index (κ3) is 5.53. The molecule has 1 unspecified atom stereocenters. The Morgan fingerprint density at radius 1 is 1.25 bits per heavy atom. The Balaban J connectivity index is 2.09. The van der Waals surface area contributed by atoms with Crippen LogP contribution in [0.5, 0.6) is 5.75 Å². The second kappa shape index (κ2) is 9.27. The van der Waals surface area contributed by atoms with E-state index < -0.39 is 12.2 Å². The number of rotatable bonds is 7. The Kier molecular flexibility index (Phi) is 7.06. The molecule has 1 atom stereocenters. The number of halogens is 2. The summed E-state index contributed by atoms with van der Waals surface area (Å²) in [5.74, 6) is 0.308. The van der Waals surface area contributed by atoms with E-state index in [0.717, 1.165) is 4.47 Å². The third-order valence-electron chi connectivity index (χ3n) is 3.26. The number of nitrogens with one attached hydrogen (secondary N) is 1. The van der Waals surface area contributed by atoms with Crippen LogP contribution in [-0.2, 0) is 4.74 Å². The van der Waals surface area contributed by atoms with E-state index in [-0.39, 0.29) is 12.4 Å². The first-order chi connectivity index (χ1) is 11.6. The minimum absolute atomic E-state index is 0.164. The van der Waals surface area contributed by atoms with Crippen molar-refractivity contribution in [3.8, 4) is 5.75 Å². The summed E-state index contributed by atoms with van der Waals surface area (Å²) in [6, 6.07) is 13.6. The van der Waals surface area contributed by atoms with E-state index in [1.165, 1.54) is 12.1 Å². The van der Waals surface area contributed by atoms with Crippen LogP contribution in [0.1, 0.15) is 25.0 Å². The predicted molar refractivity (Wildman–Crippen MR) is 93.6 cm³/mol. The van der Waals surface area contributed by atoms with Gasteiger partial charge < -0.3 is 14.8 Å². The molecule has 0 aliphatic heterocycles. The molecule has 6 heteroatoms. The van der Waals surface area contributed by atoms with Crippen LogP contribution in [-0.4, -0.2) is 19.2 Å². The van der Waals surface area contributed by atoms with Crippen LogP contribution in [0.25, 0.3) is 0 Å². The summed E-state index contributed by atoms with van der Waals surface area (Å²) in [5.41, 5.74) is 0.685. The van der Waals surface area contributed by atoms with Crippen LogP contribution in [0.2, 0.25) is 0 Å². The lowest BCUT2D eigenvalue weighted by molar-refractivity contribution is 0.116. The standard InChI is InChI=1S/C18H19BrFNO3/c1-2-21-18(22)23-11-10-16(13-6-5-7-14(20)12-13)24-17-9-4-3-8-15(17)19/h3-9,12,16H,2,10-11H2,1H3,(H,21,22). The summed E-state index contributed by atoms with van der Waals surface area (Å²) in [6.07, 6.45) is -0.507. The van der Waals surface area contributed by atoms with Gasteiger partial charge in [0, 0.05) is 13.0 Å². The molecular weight excluding hydrogens is 377 g/mol. The Hall–Kier alpha value is -2.08. The van der Waals surface area contributed by atoms with Crippen LogP contribution in [0.4, 0.5) is 9.18 Å². The SMILES string of the molecule is CCNC(=O)OCCC(Oc1ccccc1Br)c1cccc(F)c1. The molecule has 0 heterocycles. The topological polar surface area (TPSA) is 47.6 Å². The van der Waals surface area contributed by atoms with Crippen molar-refractivity contribution in [2.24, 2.45) is 0 Å². The number of hydrogen-bond acceptors (Lipinski definition) is 3. The van der Waals surface area contributed by atoms with E-state index in [1.807, 2.05) is 31.2 Å². The van der Waals surface area contributed by atoms with Gasteiger partial charge in [-0.05, 0) is 52.7 Å². The van der Waals surface area contributed by atoms with Crippen LogP contribution in [0.3, 0.4) is 0 Å². The summed E-state index contributed by atoms with van der Waals surface area (Å²) < 4.78 is 25.4. The van der Waals surface area contributed by atoms with Crippen LogP contribution in [0, 0.1) is 5.82 Å². The number of amides is 1. The molecule has 2 aromatic carbocycles. The van der Waals surface area contributed by atoms with Gasteiger partial charge in [-0.15, -0.1) is 0 Å². The van der Waals surface area contributed by atoms with E-state index in [2.05, 4.69) is 21.2 Å². The fourth-order valence-electron chi connectivity index (χ4n) is 2.15. The number of hydrogen-bond donors (Lipinski definition) is 1. The van der Waals surface area contributed by atoms with E-state index in [0.29, 0.717) is 24.3 Å². The molecule has 0 saturated heterocycles. The van der Waals surface area contributed by atoms with Gasteiger partial charge in [-0.1, -0.05) is 24.3 Å². The first-order valence-electron chi connectivity index (χ1n) is 7.67. The molecular formula is C18H19BrFNO3. The quantitative estimate of drug-likeness (QED) is 0.728. The minimum Gasteiger partial charge on any atom is -0.484 e. The molecule has 2 aromatic rings. The summed E-state index contributed by atoms with van der Waals surface area (Å²) >= 11 is 3.43. The molecule has 0 bridgehead atoms. The average molecular weight is 396 g/mol. The number of para-hydroxylation sites is 1. The van der Waals surface area contributed by atoms with E-state index in [4.69, 9.17) is 9.47 Å². The maximum Gasteiger partial charge on any atom is 0.407 e. The molecule has 0 radical (unpaired) electrons. The number of alkyl carbamates (subject to hydrolysis) is 1. The maximum absolute atomic E-state index is 13.5. The maximum atomic E-state index is 13.5. The Labute approximate surface area is 149 Å². The van der Waals surface area contributed by atoms with Crippen molar-refractivity contribution in [3.05, 3.63) is 64.4 Å². The second-order valence-corrected chi connectivity index (χ2v) is 5.90. The van der Waals surface area contributed by atoms with Gasteiger partial charge >= 0.3 is 6.09 Å². The second-order valence-electron chi connectivity index (χ2n) is 5.05. The highest BCUT2D eigenvalue weighted by atomic mass is 79.9. The number of ether oxygens (including phenoxy) is 2. The normalized spacial score (nSPS) is 11.6. The van der Waals surface area contributed by atoms with E-state index >= 15 is 0 Å². The molecule has 0 saturated carbocycles. The van der Waals surface area contributed by atoms with E-state index in [1.54, 1.807) is 12.1 Å². The van der Waals surface area contributed by atoms with Crippen molar-refractivity contribution in [1.82, 2.24) is 5.32 Å². The van der Waals surface area contributed by atoms with Crippen molar-refractivity contribution in [2.75, 3.05) is 13.2 Å². The zero-order chi connectivity index (χ0) is 17.4. The number of benzene rings is 2. The van der Waals surface area contributed by atoms with Crippen LogP contribution in [0.15, 0.2) is 53.0 Å². The Morgan fingerprint density at radius 2 is 2.04 bits per heavy atom. The molecule has 0 fully saturated rings. The molecule has 1 N–H and O–H groups in total. The van der Waals surface area contributed by atoms with Crippen molar-refractivity contribution < 1.29 is 18.7 Å². The van der Waals surface area contributed by atoms with Gasteiger partial charge in [0.25, 0.3) is 0 Å². The predicted octanol–water partition coefficient (Wildman–Crippen LogP) is 4.84. The van der Waals surface area contributed by atoms with Gasteiger partial charge in [-0.25, -0.2) is 9.18 Å². The molecule has 2 rings (SSSR count). The largest absolute Gasteiger partial charge is 0.484 e. The third-order valence-corrected chi connectivity index (χ3v) is 3.92. The fourth-order valence-corrected chi connectivity index (χ4v) is 2.53. The summed E-state index contributed by atoms with van der Waals surface area (Å²) in [5, 5.41) is 2.56. The van der Waals surface area contributed by atoms with Crippen molar-refractivity contribution in [3.63, 3.8) is 0 Å². The smallest absolute Gasteiger partial charge is 0.407 e. The molecule has 0 aliphatic rings. The molecule has 0 aromatic heterocycles. The van der Waals surface area contributed by atoms with Gasteiger partial charge in [-0.2, -0.15) is 0 Å². The number of carbonyl (C=O) groups excluding carboxylic acids is 1. The highest BCUT2D eigenvalue weighted by Crippen LogP contribution is 2.31. The molecule has 0 aliphatic carbocycles. The average Bonchev–Trinajstić information content (AvgIpc) is 2.56. The van der Waals surface area contributed by atoms with Crippen LogP contribution < -0.4 is 10.1 Å². The fraction of sp³-hybridized carbons (Fsp3) is 0.278. The van der Waals surface area contributed by atoms with Gasteiger partial charge in [-0.3, -0.25) is 0 Å². The van der Waals surface area contributed by atoms with E-state index in [9.17, 15) is 9.18 Å². The lowest BCUT2D eigenvalue weighted by Gasteiger charge is -2.20. The van der Waals surface area contributed by atoms with Gasteiger partial charge in [0.05, 0.1) is 11.1 Å². The zero-order valence-corrected chi connectivity index (χ0v) is 14.9. The molecule has 4 nitrogen and oxygen atoms in total. The monoisotopic (exact) mass is 395 g/mol. The lowest BCUT2D eigenvalue weighted by Crippen LogP contribution is -2.24. The summed E-state index contributed by atoms with van der Waals surface area (Å²) in [7, 11) is 0. The van der Waals surface area contributed by atoms with Gasteiger partial charge in [0.15, 0.2) is 0 Å². The van der Waals surface area contributed by atoms with Crippen molar-refractivity contribution in [2.45, 2.75) is 19.4 Å². The van der Waals surface area contributed by atoms with Gasteiger partial charge in [0.2, 0.25) is 0 Å². The Morgan fingerprint density at radius 3 is 2.75 bits per heavy atom. The van der Waals surface area contributed by atoms with Crippen molar-refractivity contribution >= 4 is 22.0 Å². The summed E-state index contributed by atoms with van der Waals surface area (Å²) in [6.45, 7) is 2.48. The minimum atomic E-state index is -0.476. The van der Waals surface area contributed by atoms with Crippen molar-refractivity contribution in [1.29, 1.82) is 0 Å². The highest BCUT2D eigenvalue weighted by molar-refractivity contribution is 9.10. The lowest BCUT2D eigenvalue weighted by atomic mass is 10.1. The molecule has 1 amide bonds. The summed E-state index contributed by atoms with van der Waals surface area (Å²) in [4.78, 5) is 11.4. The Bertz CT molecular complexity index is 681. The zero-order valence-electron chi connectivity index (χ0n) is 13.3. The molecule has 0 spiro atoms. The first-order valence-corrected chi connectivity index (χ1v) is 8.46. The van der Waals surface area contributed by atoms with Gasteiger partial charge in [0.1, 0.15) is 17.7 Å². The molecule has 128 valence electrons. The number of carbonyl (C=O) groups is 1. The highest BCUT2D eigenvalue weighted by Gasteiger charge is 2.16.